The first-order chi connectivity index (χ1) is 14.4. The average Bonchev–Trinajstić information content (AvgIpc) is 3.38. The van der Waals surface area contributed by atoms with Gasteiger partial charge >= 0.3 is 5.69 Å². The first kappa shape index (κ1) is 19.4. The van der Waals surface area contributed by atoms with E-state index < -0.39 is 11.2 Å². The minimum absolute atomic E-state index is 0.0706. The van der Waals surface area contributed by atoms with Crippen molar-refractivity contribution >= 4 is 17.1 Å². The highest BCUT2D eigenvalue weighted by Crippen LogP contribution is 2.18. The van der Waals surface area contributed by atoms with Gasteiger partial charge in [0.05, 0.1) is 24.5 Å². The Hall–Kier alpha value is -3.94. The highest BCUT2D eigenvalue weighted by atomic mass is 16.5. The van der Waals surface area contributed by atoms with E-state index in [1.165, 1.54) is 35.8 Å². The van der Waals surface area contributed by atoms with Crippen LogP contribution in [0.1, 0.15) is 12.0 Å². The fraction of sp³-hybridized carbons (Fsp3) is 0.368. The van der Waals surface area contributed by atoms with Crippen molar-refractivity contribution < 1.29 is 9.53 Å². The largest absolute Gasteiger partial charge is 0.472 e. The molecule has 1 amide bonds. The number of rotatable bonds is 4. The molecule has 154 valence electrons. The second-order valence-corrected chi connectivity index (χ2v) is 7.11. The summed E-state index contributed by atoms with van der Waals surface area (Å²) in [6.07, 6.45) is 3.29. The molecule has 11 nitrogen and oxygen atoms in total. The van der Waals surface area contributed by atoms with Gasteiger partial charge < -0.3 is 14.2 Å². The van der Waals surface area contributed by atoms with E-state index in [1.54, 1.807) is 17.0 Å². The van der Waals surface area contributed by atoms with Gasteiger partial charge in [-0.1, -0.05) is 0 Å². The molecule has 0 saturated carbocycles. The number of pyridine rings is 1. The number of imidazole rings is 1. The molecule has 11 heteroatoms. The van der Waals surface area contributed by atoms with E-state index in [1.807, 2.05) is 6.07 Å². The molecule has 1 atom stereocenters. The molecule has 1 aliphatic rings. The number of aromatic nitrogens is 5. The summed E-state index contributed by atoms with van der Waals surface area (Å²) in [5.41, 5.74) is -0.0736. The van der Waals surface area contributed by atoms with Crippen LogP contribution in [0.25, 0.3) is 11.2 Å². The van der Waals surface area contributed by atoms with Crippen molar-refractivity contribution in [2.75, 3.05) is 13.1 Å². The van der Waals surface area contributed by atoms with Crippen LogP contribution in [0.3, 0.4) is 0 Å². The summed E-state index contributed by atoms with van der Waals surface area (Å²) in [6, 6.07) is 5.18. The molecule has 0 spiro atoms. The number of nitrogens with zero attached hydrogens (tertiary/aromatic N) is 7. The number of hydrogen-bond donors (Lipinski definition) is 0. The third-order valence-corrected chi connectivity index (χ3v) is 5.17. The van der Waals surface area contributed by atoms with E-state index in [2.05, 4.69) is 9.97 Å². The normalized spacial score (nSPS) is 16.0. The van der Waals surface area contributed by atoms with Crippen LogP contribution in [-0.4, -0.2) is 53.7 Å². The number of ether oxygens (including phenoxy) is 1. The molecule has 3 aromatic rings. The first-order valence-corrected chi connectivity index (χ1v) is 9.30. The zero-order valence-electron chi connectivity index (χ0n) is 16.5. The molecule has 3 aromatic heterocycles. The van der Waals surface area contributed by atoms with E-state index in [0.29, 0.717) is 31.0 Å². The quantitative estimate of drug-likeness (QED) is 0.562. The number of aryl methyl sites for hydroxylation is 1. The van der Waals surface area contributed by atoms with Crippen LogP contribution < -0.4 is 16.0 Å². The van der Waals surface area contributed by atoms with Crippen molar-refractivity contribution in [3.8, 4) is 11.9 Å². The molecule has 0 aromatic carbocycles. The van der Waals surface area contributed by atoms with Gasteiger partial charge in [-0.3, -0.25) is 18.7 Å². The maximum absolute atomic E-state index is 12.8. The van der Waals surface area contributed by atoms with Crippen LogP contribution in [0.2, 0.25) is 0 Å². The number of likely N-dealkylation sites (tertiary alicyclic amines) is 1. The smallest absolute Gasteiger partial charge is 0.332 e. The van der Waals surface area contributed by atoms with Crippen LogP contribution in [0, 0.1) is 11.3 Å². The van der Waals surface area contributed by atoms with E-state index in [4.69, 9.17) is 10.00 Å². The molecule has 0 radical (unpaired) electrons. The first-order valence-electron chi connectivity index (χ1n) is 9.30. The third-order valence-electron chi connectivity index (χ3n) is 5.17. The number of hydrogen-bond acceptors (Lipinski definition) is 7. The Morgan fingerprint density at radius 1 is 1.30 bits per heavy atom. The summed E-state index contributed by atoms with van der Waals surface area (Å²) < 4.78 is 9.54. The average molecular weight is 409 g/mol. The number of nitriles is 1. The van der Waals surface area contributed by atoms with Crippen molar-refractivity contribution in [1.29, 1.82) is 5.26 Å². The van der Waals surface area contributed by atoms with Gasteiger partial charge in [-0.25, -0.2) is 14.8 Å². The van der Waals surface area contributed by atoms with Crippen LogP contribution >= 0.6 is 0 Å². The maximum atomic E-state index is 12.8. The lowest BCUT2D eigenvalue weighted by atomic mass is 10.3. The van der Waals surface area contributed by atoms with Crippen molar-refractivity contribution in [2.24, 2.45) is 14.1 Å². The van der Waals surface area contributed by atoms with Gasteiger partial charge in [-0.05, 0) is 6.07 Å². The van der Waals surface area contributed by atoms with Crippen molar-refractivity contribution in [3.05, 3.63) is 51.1 Å². The topological polar surface area (TPSA) is 128 Å². The number of carbonyl (C=O) groups excluding carboxylic acids is 1. The Balaban J connectivity index is 1.48. The lowest BCUT2D eigenvalue weighted by Gasteiger charge is -2.17. The molecule has 1 unspecified atom stereocenters. The SMILES string of the molecule is Cn1c(=O)c2c(ncn2CC(=O)N2CCC(Oc3cc(C#N)ccn3)C2)n(C)c1=O. The van der Waals surface area contributed by atoms with Gasteiger partial charge in [0.25, 0.3) is 5.56 Å². The van der Waals surface area contributed by atoms with Crippen LogP contribution in [-0.2, 0) is 25.4 Å². The predicted molar refractivity (Wildman–Crippen MR) is 105 cm³/mol. The molecular formula is C19H19N7O4. The fourth-order valence-electron chi connectivity index (χ4n) is 3.53. The van der Waals surface area contributed by atoms with Gasteiger partial charge in [0, 0.05) is 39.3 Å². The summed E-state index contributed by atoms with van der Waals surface area (Å²) in [6.45, 7) is 0.809. The Morgan fingerprint density at radius 2 is 2.10 bits per heavy atom. The van der Waals surface area contributed by atoms with Gasteiger partial charge in [-0.15, -0.1) is 0 Å². The van der Waals surface area contributed by atoms with Crippen molar-refractivity contribution in [1.82, 2.24) is 28.6 Å². The van der Waals surface area contributed by atoms with Gasteiger partial charge in [0.1, 0.15) is 12.6 Å². The van der Waals surface area contributed by atoms with Crippen LogP contribution in [0.15, 0.2) is 34.2 Å². The Kier molecular flexibility index (Phi) is 4.83. The van der Waals surface area contributed by atoms with Gasteiger partial charge in [0.15, 0.2) is 11.2 Å². The fourth-order valence-corrected chi connectivity index (χ4v) is 3.53. The maximum Gasteiger partial charge on any atom is 0.332 e. The minimum atomic E-state index is -0.496. The van der Waals surface area contributed by atoms with Crippen LogP contribution in [0.5, 0.6) is 5.88 Å². The van der Waals surface area contributed by atoms with E-state index in [0.717, 1.165) is 4.57 Å². The third kappa shape index (κ3) is 3.32. The lowest BCUT2D eigenvalue weighted by Crippen LogP contribution is -2.38. The summed E-state index contributed by atoms with van der Waals surface area (Å²) >= 11 is 0. The highest BCUT2D eigenvalue weighted by Gasteiger charge is 2.28. The van der Waals surface area contributed by atoms with Crippen molar-refractivity contribution in [2.45, 2.75) is 19.1 Å². The minimum Gasteiger partial charge on any atom is -0.472 e. The zero-order chi connectivity index (χ0) is 21.4. The summed E-state index contributed by atoms with van der Waals surface area (Å²) in [4.78, 5) is 47.2. The second-order valence-electron chi connectivity index (χ2n) is 7.11. The monoisotopic (exact) mass is 409 g/mol. The second kappa shape index (κ2) is 7.47. The zero-order valence-corrected chi connectivity index (χ0v) is 16.5. The molecule has 0 bridgehead atoms. The molecule has 4 rings (SSSR count). The molecule has 1 aliphatic heterocycles. The van der Waals surface area contributed by atoms with E-state index >= 15 is 0 Å². The molecule has 30 heavy (non-hydrogen) atoms. The Labute approximate surface area is 170 Å². The van der Waals surface area contributed by atoms with Gasteiger partial charge in [0.2, 0.25) is 11.8 Å². The van der Waals surface area contributed by atoms with Gasteiger partial charge in [-0.2, -0.15) is 5.26 Å². The summed E-state index contributed by atoms with van der Waals surface area (Å²) in [5.74, 6) is 0.161. The van der Waals surface area contributed by atoms with Crippen molar-refractivity contribution in [3.63, 3.8) is 0 Å². The lowest BCUT2D eigenvalue weighted by molar-refractivity contribution is -0.131. The van der Waals surface area contributed by atoms with E-state index in [-0.39, 0.29) is 29.7 Å². The summed E-state index contributed by atoms with van der Waals surface area (Å²) in [5, 5.41) is 8.97. The molecule has 1 saturated heterocycles. The molecule has 0 aliphatic carbocycles. The standard InChI is InChI=1S/C19H19N7O4/c1-23-17-16(18(28)24(2)19(23)29)26(11-22-17)10-15(27)25-6-4-13(9-25)30-14-7-12(8-20)3-5-21-14/h3,5,7,11,13H,4,6,9-10H2,1-2H3. The molecule has 0 N–H and O–H groups in total. The molecule has 1 fully saturated rings. The molecular weight excluding hydrogens is 390 g/mol. The Morgan fingerprint density at radius 3 is 2.87 bits per heavy atom. The number of carbonyl (C=O) groups is 1. The number of amides is 1. The summed E-state index contributed by atoms with van der Waals surface area (Å²) in [7, 11) is 2.92. The molecule has 4 heterocycles. The Bertz CT molecular complexity index is 1300. The van der Waals surface area contributed by atoms with Crippen LogP contribution in [0.4, 0.5) is 0 Å². The highest BCUT2D eigenvalue weighted by molar-refractivity contribution is 5.79. The number of fused-ring (bicyclic) bond motifs is 1. The van der Waals surface area contributed by atoms with E-state index in [9.17, 15) is 14.4 Å². The predicted octanol–water partition coefficient (Wildman–Crippen LogP) is -0.620.